The van der Waals surface area contributed by atoms with E-state index in [1.54, 1.807) is 12.1 Å². The summed E-state index contributed by atoms with van der Waals surface area (Å²) < 4.78 is 5.39. The van der Waals surface area contributed by atoms with Crippen molar-refractivity contribution < 1.29 is 9.66 Å². The second-order valence-electron chi connectivity index (χ2n) is 5.24. The summed E-state index contributed by atoms with van der Waals surface area (Å²) in [4.78, 5) is 10.2. The Bertz CT molecular complexity index is 425. The zero-order valence-electron chi connectivity index (χ0n) is 11.0. The first-order chi connectivity index (χ1) is 9.15. The Balaban J connectivity index is 1.95. The lowest BCUT2D eigenvalue weighted by molar-refractivity contribution is -0.384. The Morgan fingerprint density at radius 3 is 2.42 bits per heavy atom. The third-order valence-electron chi connectivity index (χ3n) is 4.08. The summed E-state index contributed by atoms with van der Waals surface area (Å²) in [5.41, 5.74) is 7.37. The highest BCUT2D eigenvalue weighted by molar-refractivity contribution is 5.32. The van der Waals surface area contributed by atoms with Gasteiger partial charge in [0.25, 0.3) is 5.69 Å². The topological polar surface area (TPSA) is 78.4 Å². The Morgan fingerprint density at radius 2 is 1.89 bits per heavy atom. The van der Waals surface area contributed by atoms with Crippen molar-refractivity contribution in [2.75, 3.05) is 19.8 Å². The van der Waals surface area contributed by atoms with Gasteiger partial charge < -0.3 is 10.5 Å². The number of aryl methyl sites for hydroxylation is 1. The minimum Gasteiger partial charge on any atom is -0.381 e. The van der Waals surface area contributed by atoms with E-state index in [2.05, 4.69) is 0 Å². The standard InChI is InChI=1S/C14H20N2O3/c15-11-14(7-9-19-10-8-14)6-5-12-1-3-13(4-2-12)16(17)18/h1-4H,5-11,15H2. The average molecular weight is 264 g/mol. The molecule has 1 fully saturated rings. The predicted molar refractivity (Wildman–Crippen MR) is 73.0 cm³/mol. The van der Waals surface area contributed by atoms with Crippen LogP contribution in [0.2, 0.25) is 0 Å². The first-order valence-electron chi connectivity index (χ1n) is 6.66. The molecular weight excluding hydrogens is 244 g/mol. The summed E-state index contributed by atoms with van der Waals surface area (Å²) >= 11 is 0. The van der Waals surface area contributed by atoms with Gasteiger partial charge in [0.1, 0.15) is 0 Å². The smallest absolute Gasteiger partial charge is 0.269 e. The lowest BCUT2D eigenvalue weighted by Gasteiger charge is -2.36. The maximum absolute atomic E-state index is 10.6. The van der Waals surface area contributed by atoms with Crippen LogP contribution in [-0.4, -0.2) is 24.7 Å². The molecule has 2 N–H and O–H groups in total. The normalized spacial score (nSPS) is 18.2. The van der Waals surface area contributed by atoms with Gasteiger partial charge >= 0.3 is 0 Å². The summed E-state index contributed by atoms with van der Waals surface area (Å²) in [5.74, 6) is 0. The number of benzene rings is 1. The molecule has 104 valence electrons. The van der Waals surface area contributed by atoms with Crippen molar-refractivity contribution in [3.63, 3.8) is 0 Å². The molecule has 1 aromatic rings. The summed E-state index contributed by atoms with van der Waals surface area (Å²) in [7, 11) is 0. The fourth-order valence-electron chi connectivity index (χ4n) is 2.55. The SMILES string of the molecule is NCC1(CCc2ccc([N+](=O)[O-])cc2)CCOCC1. The van der Waals surface area contributed by atoms with Crippen LogP contribution >= 0.6 is 0 Å². The van der Waals surface area contributed by atoms with Crippen LogP contribution in [0.4, 0.5) is 5.69 Å². The van der Waals surface area contributed by atoms with Gasteiger partial charge in [0.2, 0.25) is 0 Å². The maximum atomic E-state index is 10.6. The molecule has 5 heteroatoms. The van der Waals surface area contributed by atoms with Crippen LogP contribution in [0.5, 0.6) is 0 Å². The van der Waals surface area contributed by atoms with E-state index < -0.39 is 0 Å². The van der Waals surface area contributed by atoms with Crippen molar-refractivity contribution in [2.45, 2.75) is 25.7 Å². The van der Waals surface area contributed by atoms with Crippen molar-refractivity contribution in [2.24, 2.45) is 11.1 Å². The molecule has 0 radical (unpaired) electrons. The van der Waals surface area contributed by atoms with Crippen LogP contribution in [0.15, 0.2) is 24.3 Å². The largest absolute Gasteiger partial charge is 0.381 e. The van der Waals surface area contributed by atoms with Gasteiger partial charge in [-0.25, -0.2) is 0 Å². The number of hydrogen-bond acceptors (Lipinski definition) is 4. The molecule has 2 rings (SSSR count). The number of nitrogens with two attached hydrogens (primary N) is 1. The zero-order chi connectivity index (χ0) is 13.7. The minimum atomic E-state index is -0.371. The number of nitrogens with zero attached hydrogens (tertiary/aromatic N) is 1. The Morgan fingerprint density at radius 1 is 1.26 bits per heavy atom. The van der Waals surface area contributed by atoms with Gasteiger partial charge in [0, 0.05) is 25.3 Å². The highest BCUT2D eigenvalue weighted by Crippen LogP contribution is 2.34. The van der Waals surface area contributed by atoms with E-state index in [0.29, 0.717) is 6.54 Å². The van der Waals surface area contributed by atoms with Crippen LogP contribution in [0.25, 0.3) is 0 Å². The summed E-state index contributed by atoms with van der Waals surface area (Å²) in [6, 6.07) is 6.80. The number of non-ortho nitro benzene ring substituents is 1. The van der Waals surface area contributed by atoms with E-state index in [0.717, 1.165) is 44.5 Å². The van der Waals surface area contributed by atoms with Crippen molar-refractivity contribution in [3.05, 3.63) is 39.9 Å². The predicted octanol–water partition coefficient (Wildman–Crippen LogP) is 2.28. The molecule has 0 amide bonds. The highest BCUT2D eigenvalue weighted by Gasteiger charge is 2.30. The third-order valence-corrected chi connectivity index (χ3v) is 4.08. The Kier molecular flexibility index (Phi) is 4.50. The van der Waals surface area contributed by atoms with Gasteiger partial charge in [0.05, 0.1) is 4.92 Å². The molecular formula is C14H20N2O3. The summed E-state index contributed by atoms with van der Waals surface area (Å²) in [5, 5.41) is 10.6. The van der Waals surface area contributed by atoms with Crippen molar-refractivity contribution >= 4 is 5.69 Å². The molecule has 1 heterocycles. The molecule has 0 bridgehead atoms. The number of nitro benzene ring substituents is 1. The van der Waals surface area contributed by atoms with E-state index in [1.807, 2.05) is 12.1 Å². The first-order valence-corrected chi connectivity index (χ1v) is 6.66. The Labute approximate surface area is 112 Å². The monoisotopic (exact) mass is 264 g/mol. The van der Waals surface area contributed by atoms with Gasteiger partial charge in [-0.3, -0.25) is 10.1 Å². The molecule has 1 saturated heterocycles. The van der Waals surface area contributed by atoms with E-state index >= 15 is 0 Å². The van der Waals surface area contributed by atoms with E-state index in [-0.39, 0.29) is 16.0 Å². The second kappa shape index (κ2) is 6.12. The summed E-state index contributed by atoms with van der Waals surface area (Å²) in [6.07, 6.45) is 3.95. The van der Waals surface area contributed by atoms with Gasteiger partial charge in [-0.1, -0.05) is 12.1 Å². The lowest BCUT2D eigenvalue weighted by Crippen LogP contribution is -2.37. The van der Waals surface area contributed by atoms with Gasteiger partial charge in [-0.15, -0.1) is 0 Å². The van der Waals surface area contributed by atoms with Crippen LogP contribution in [-0.2, 0) is 11.2 Å². The average Bonchev–Trinajstić information content (AvgIpc) is 2.46. The van der Waals surface area contributed by atoms with Crippen molar-refractivity contribution in [1.29, 1.82) is 0 Å². The molecule has 1 aromatic carbocycles. The van der Waals surface area contributed by atoms with Gasteiger partial charge in [-0.05, 0) is 43.2 Å². The Hall–Kier alpha value is -1.46. The second-order valence-corrected chi connectivity index (χ2v) is 5.24. The highest BCUT2D eigenvalue weighted by atomic mass is 16.6. The van der Waals surface area contributed by atoms with E-state index in [9.17, 15) is 10.1 Å². The molecule has 1 aliphatic heterocycles. The molecule has 0 spiro atoms. The van der Waals surface area contributed by atoms with Crippen LogP contribution < -0.4 is 5.73 Å². The quantitative estimate of drug-likeness (QED) is 0.653. The zero-order valence-corrected chi connectivity index (χ0v) is 11.0. The molecule has 0 unspecified atom stereocenters. The fourth-order valence-corrected chi connectivity index (χ4v) is 2.55. The molecule has 0 saturated carbocycles. The van der Waals surface area contributed by atoms with Crippen molar-refractivity contribution in [1.82, 2.24) is 0 Å². The molecule has 1 aliphatic rings. The molecule has 0 aromatic heterocycles. The van der Waals surface area contributed by atoms with Crippen molar-refractivity contribution in [3.8, 4) is 0 Å². The molecule has 5 nitrogen and oxygen atoms in total. The number of rotatable bonds is 5. The van der Waals surface area contributed by atoms with E-state index in [4.69, 9.17) is 10.5 Å². The maximum Gasteiger partial charge on any atom is 0.269 e. The van der Waals surface area contributed by atoms with Gasteiger partial charge in [-0.2, -0.15) is 0 Å². The number of nitro groups is 1. The van der Waals surface area contributed by atoms with Crippen LogP contribution in [0, 0.1) is 15.5 Å². The molecule has 0 aliphatic carbocycles. The lowest BCUT2D eigenvalue weighted by atomic mass is 9.76. The van der Waals surface area contributed by atoms with Gasteiger partial charge in [0.15, 0.2) is 0 Å². The summed E-state index contributed by atoms with van der Waals surface area (Å²) in [6.45, 7) is 2.26. The first kappa shape index (κ1) is 14.0. The fraction of sp³-hybridized carbons (Fsp3) is 0.571. The molecule has 0 atom stereocenters. The van der Waals surface area contributed by atoms with Crippen LogP contribution in [0.1, 0.15) is 24.8 Å². The molecule has 19 heavy (non-hydrogen) atoms. The number of ether oxygens (including phenoxy) is 1. The van der Waals surface area contributed by atoms with Crippen LogP contribution in [0.3, 0.4) is 0 Å². The van der Waals surface area contributed by atoms with E-state index in [1.165, 1.54) is 0 Å². The number of hydrogen-bond donors (Lipinski definition) is 1. The third kappa shape index (κ3) is 3.52. The minimum absolute atomic E-state index is 0.142.